The minimum atomic E-state index is 0.650. The molecule has 1 aromatic heterocycles. The molecule has 17 heavy (non-hydrogen) atoms. The molecule has 0 bridgehead atoms. The SMILES string of the molecule is CNc1ccnc(OCC2CN(C(C)C)C2)c1. The van der Waals surface area contributed by atoms with Gasteiger partial charge in [0, 0.05) is 50.0 Å². The maximum Gasteiger partial charge on any atom is 0.215 e. The molecule has 2 heterocycles. The summed E-state index contributed by atoms with van der Waals surface area (Å²) in [7, 11) is 1.89. The molecule has 0 amide bonds. The monoisotopic (exact) mass is 235 g/mol. The van der Waals surface area contributed by atoms with E-state index in [1.807, 2.05) is 19.2 Å². The summed E-state index contributed by atoms with van der Waals surface area (Å²) in [4.78, 5) is 6.65. The van der Waals surface area contributed by atoms with E-state index < -0.39 is 0 Å². The van der Waals surface area contributed by atoms with Crippen molar-refractivity contribution < 1.29 is 4.74 Å². The van der Waals surface area contributed by atoms with E-state index >= 15 is 0 Å². The number of hydrogen-bond acceptors (Lipinski definition) is 4. The highest BCUT2D eigenvalue weighted by molar-refractivity contribution is 5.44. The predicted octanol–water partition coefficient (Wildman–Crippen LogP) is 1.84. The highest BCUT2D eigenvalue weighted by atomic mass is 16.5. The van der Waals surface area contributed by atoms with E-state index in [1.165, 1.54) is 0 Å². The van der Waals surface area contributed by atoms with Gasteiger partial charge in [-0.05, 0) is 19.9 Å². The fourth-order valence-corrected chi connectivity index (χ4v) is 1.98. The van der Waals surface area contributed by atoms with Crippen LogP contribution in [-0.4, -0.2) is 42.7 Å². The van der Waals surface area contributed by atoms with E-state index in [1.54, 1.807) is 6.20 Å². The molecule has 0 spiro atoms. The molecule has 1 saturated heterocycles. The van der Waals surface area contributed by atoms with Crippen molar-refractivity contribution in [2.24, 2.45) is 5.92 Å². The van der Waals surface area contributed by atoms with E-state index in [9.17, 15) is 0 Å². The van der Waals surface area contributed by atoms with E-state index in [0.29, 0.717) is 17.8 Å². The first-order chi connectivity index (χ1) is 8.19. The lowest BCUT2D eigenvalue weighted by atomic mass is 9.99. The molecule has 1 aliphatic rings. The van der Waals surface area contributed by atoms with Gasteiger partial charge >= 0.3 is 0 Å². The van der Waals surface area contributed by atoms with E-state index in [4.69, 9.17) is 4.74 Å². The molecule has 0 aromatic carbocycles. The second kappa shape index (κ2) is 5.36. The van der Waals surface area contributed by atoms with Gasteiger partial charge in [-0.1, -0.05) is 0 Å². The first-order valence-electron chi connectivity index (χ1n) is 6.19. The summed E-state index contributed by atoms with van der Waals surface area (Å²) in [6.07, 6.45) is 1.77. The fraction of sp³-hybridized carbons (Fsp3) is 0.615. The Balaban J connectivity index is 1.75. The number of anilines is 1. The Hall–Kier alpha value is -1.29. The molecule has 94 valence electrons. The zero-order valence-electron chi connectivity index (χ0n) is 10.8. The molecule has 0 saturated carbocycles. The van der Waals surface area contributed by atoms with E-state index in [2.05, 4.69) is 29.0 Å². The molecule has 1 aromatic rings. The molecule has 0 radical (unpaired) electrons. The largest absolute Gasteiger partial charge is 0.477 e. The van der Waals surface area contributed by atoms with Gasteiger partial charge in [0.25, 0.3) is 0 Å². The molecular formula is C13H21N3O. The lowest BCUT2D eigenvalue weighted by molar-refractivity contribution is 0.0364. The minimum Gasteiger partial charge on any atom is -0.477 e. The number of likely N-dealkylation sites (tertiary alicyclic amines) is 1. The Bertz CT molecular complexity index is 361. The summed E-state index contributed by atoms with van der Waals surface area (Å²) in [5.41, 5.74) is 1.03. The fourth-order valence-electron chi connectivity index (χ4n) is 1.98. The van der Waals surface area contributed by atoms with Crippen LogP contribution in [0.1, 0.15) is 13.8 Å². The van der Waals surface area contributed by atoms with Crippen LogP contribution in [0.5, 0.6) is 5.88 Å². The van der Waals surface area contributed by atoms with Gasteiger partial charge in [0.2, 0.25) is 5.88 Å². The van der Waals surface area contributed by atoms with Crippen LogP contribution in [0, 0.1) is 5.92 Å². The molecule has 1 aliphatic heterocycles. The molecule has 1 fully saturated rings. The number of rotatable bonds is 5. The van der Waals surface area contributed by atoms with Crippen molar-refractivity contribution in [2.75, 3.05) is 32.1 Å². The van der Waals surface area contributed by atoms with Crippen LogP contribution >= 0.6 is 0 Å². The number of nitrogens with zero attached hydrogens (tertiary/aromatic N) is 2. The Kier molecular flexibility index (Phi) is 3.84. The van der Waals surface area contributed by atoms with Crippen LogP contribution in [-0.2, 0) is 0 Å². The molecule has 2 rings (SSSR count). The summed E-state index contributed by atoms with van der Waals surface area (Å²) < 4.78 is 5.70. The normalized spacial score (nSPS) is 16.9. The maximum atomic E-state index is 5.70. The summed E-state index contributed by atoms with van der Waals surface area (Å²) >= 11 is 0. The lowest BCUT2D eigenvalue weighted by Crippen LogP contribution is -2.52. The number of pyridine rings is 1. The van der Waals surface area contributed by atoms with Gasteiger partial charge in [-0.2, -0.15) is 0 Å². The van der Waals surface area contributed by atoms with Crippen molar-refractivity contribution in [1.82, 2.24) is 9.88 Å². The summed E-state index contributed by atoms with van der Waals surface area (Å²) in [6, 6.07) is 4.51. The average molecular weight is 235 g/mol. The van der Waals surface area contributed by atoms with Gasteiger partial charge in [0.15, 0.2) is 0 Å². The zero-order valence-corrected chi connectivity index (χ0v) is 10.8. The van der Waals surface area contributed by atoms with Crippen LogP contribution in [0.15, 0.2) is 18.3 Å². The third-order valence-electron chi connectivity index (χ3n) is 3.21. The second-order valence-electron chi connectivity index (χ2n) is 4.86. The third kappa shape index (κ3) is 3.09. The topological polar surface area (TPSA) is 37.4 Å². The first-order valence-corrected chi connectivity index (χ1v) is 6.19. The highest BCUT2D eigenvalue weighted by Gasteiger charge is 2.28. The Morgan fingerprint density at radius 3 is 2.94 bits per heavy atom. The number of ether oxygens (including phenoxy) is 1. The van der Waals surface area contributed by atoms with Crippen molar-refractivity contribution in [3.05, 3.63) is 18.3 Å². The van der Waals surface area contributed by atoms with Crippen molar-refractivity contribution in [2.45, 2.75) is 19.9 Å². The van der Waals surface area contributed by atoms with Gasteiger partial charge in [-0.15, -0.1) is 0 Å². The average Bonchev–Trinajstić information content (AvgIpc) is 2.27. The number of hydrogen-bond donors (Lipinski definition) is 1. The quantitative estimate of drug-likeness (QED) is 0.845. The molecule has 1 N–H and O–H groups in total. The standard InChI is InChI=1S/C13H21N3O/c1-10(2)16-7-11(8-16)9-17-13-6-12(14-3)4-5-15-13/h4-6,10-11H,7-9H2,1-3H3,(H,14,15). The maximum absolute atomic E-state index is 5.70. The van der Waals surface area contributed by atoms with Gasteiger partial charge in [0.1, 0.15) is 0 Å². The molecule has 0 aliphatic carbocycles. The Morgan fingerprint density at radius 2 is 2.29 bits per heavy atom. The highest BCUT2D eigenvalue weighted by Crippen LogP contribution is 2.20. The van der Waals surface area contributed by atoms with Crippen molar-refractivity contribution in [3.8, 4) is 5.88 Å². The van der Waals surface area contributed by atoms with Crippen molar-refractivity contribution >= 4 is 5.69 Å². The van der Waals surface area contributed by atoms with Gasteiger partial charge in [0.05, 0.1) is 6.61 Å². The van der Waals surface area contributed by atoms with Gasteiger partial charge < -0.3 is 15.0 Å². The number of nitrogens with one attached hydrogen (secondary N) is 1. The third-order valence-corrected chi connectivity index (χ3v) is 3.21. The molecule has 0 unspecified atom stereocenters. The second-order valence-corrected chi connectivity index (χ2v) is 4.86. The Labute approximate surface area is 103 Å². The summed E-state index contributed by atoms with van der Waals surface area (Å²) in [6.45, 7) is 7.51. The summed E-state index contributed by atoms with van der Waals surface area (Å²) in [5, 5.41) is 3.08. The first kappa shape index (κ1) is 12.2. The van der Waals surface area contributed by atoms with Crippen LogP contribution in [0.2, 0.25) is 0 Å². The lowest BCUT2D eigenvalue weighted by Gasteiger charge is -2.41. The van der Waals surface area contributed by atoms with Gasteiger partial charge in [-0.25, -0.2) is 4.98 Å². The smallest absolute Gasteiger partial charge is 0.215 e. The molecule has 4 nitrogen and oxygen atoms in total. The molecule has 4 heteroatoms. The molecular weight excluding hydrogens is 214 g/mol. The van der Waals surface area contributed by atoms with Crippen LogP contribution in [0.3, 0.4) is 0 Å². The minimum absolute atomic E-state index is 0.650. The summed E-state index contributed by atoms with van der Waals surface area (Å²) in [5.74, 6) is 1.36. The van der Waals surface area contributed by atoms with Crippen molar-refractivity contribution in [3.63, 3.8) is 0 Å². The predicted molar refractivity (Wildman–Crippen MR) is 69.5 cm³/mol. The Morgan fingerprint density at radius 1 is 1.53 bits per heavy atom. The van der Waals surface area contributed by atoms with Crippen LogP contribution in [0.25, 0.3) is 0 Å². The number of aromatic nitrogens is 1. The van der Waals surface area contributed by atoms with Crippen LogP contribution < -0.4 is 10.1 Å². The van der Waals surface area contributed by atoms with Gasteiger partial charge in [-0.3, -0.25) is 0 Å². The van der Waals surface area contributed by atoms with Crippen LogP contribution in [0.4, 0.5) is 5.69 Å². The van der Waals surface area contributed by atoms with Crippen molar-refractivity contribution in [1.29, 1.82) is 0 Å². The van der Waals surface area contributed by atoms with E-state index in [-0.39, 0.29) is 0 Å². The molecule has 0 atom stereocenters. The zero-order chi connectivity index (χ0) is 12.3. The van der Waals surface area contributed by atoms with E-state index in [0.717, 1.165) is 25.4 Å².